The van der Waals surface area contributed by atoms with Crippen molar-refractivity contribution in [2.45, 2.75) is 206 Å². The molecule has 3 heteroatoms. The molecule has 0 N–H and O–H groups in total. The molecule has 0 spiro atoms. The molecular formula is C42H76O2Sn. The Kier molecular flexibility index (Phi) is 20.7. The van der Waals surface area contributed by atoms with Gasteiger partial charge in [-0.1, -0.05) is 0 Å². The van der Waals surface area contributed by atoms with Crippen LogP contribution in [0.25, 0.3) is 0 Å². The number of carbonyl (C=O) groups is 1. The Bertz CT molecular complexity index is 858. The normalized spacial score (nSPS) is 19.8. The predicted molar refractivity (Wildman–Crippen MR) is 201 cm³/mol. The molecule has 0 aromatic heterocycles. The van der Waals surface area contributed by atoms with Crippen LogP contribution in [0.3, 0.4) is 0 Å². The Labute approximate surface area is 285 Å². The number of carbonyl (C=O) groups excluding carboxylic acids is 1. The van der Waals surface area contributed by atoms with E-state index < -0.39 is 18.4 Å². The van der Waals surface area contributed by atoms with E-state index in [1.807, 2.05) is 0 Å². The second kappa shape index (κ2) is 22.9. The van der Waals surface area contributed by atoms with E-state index in [0.717, 1.165) is 12.8 Å². The molecule has 0 aliphatic heterocycles. The van der Waals surface area contributed by atoms with Crippen molar-refractivity contribution in [2.24, 2.45) is 11.8 Å². The van der Waals surface area contributed by atoms with E-state index in [2.05, 4.69) is 78.8 Å². The first-order valence-electron chi connectivity index (χ1n) is 20.0. The Morgan fingerprint density at radius 3 is 1.80 bits per heavy atom. The molecule has 1 saturated carbocycles. The van der Waals surface area contributed by atoms with Crippen LogP contribution in [0.5, 0.6) is 0 Å². The molecule has 0 amide bonds. The maximum atomic E-state index is 14.2. The molecule has 1 fully saturated rings. The number of esters is 1. The molecule has 0 bridgehead atoms. The van der Waals surface area contributed by atoms with Gasteiger partial charge >= 0.3 is 287 Å². The van der Waals surface area contributed by atoms with Crippen molar-refractivity contribution >= 4 is 24.3 Å². The fourth-order valence-corrected chi connectivity index (χ4v) is 27.4. The summed E-state index contributed by atoms with van der Waals surface area (Å²) in [4.78, 5) is 14.2. The van der Waals surface area contributed by atoms with Crippen molar-refractivity contribution in [2.75, 3.05) is 0 Å². The first-order valence-corrected chi connectivity index (χ1v) is 27.7. The molecule has 45 heavy (non-hydrogen) atoms. The summed E-state index contributed by atoms with van der Waals surface area (Å²) in [5, 5.41) is 0. The summed E-state index contributed by atoms with van der Waals surface area (Å²) in [6, 6.07) is 11.0. The molecule has 0 radical (unpaired) electrons. The summed E-state index contributed by atoms with van der Waals surface area (Å²) in [7, 11) is 0. The van der Waals surface area contributed by atoms with Gasteiger partial charge in [0.1, 0.15) is 0 Å². The van der Waals surface area contributed by atoms with Gasteiger partial charge in [-0.3, -0.25) is 0 Å². The van der Waals surface area contributed by atoms with Crippen molar-refractivity contribution in [3.05, 3.63) is 35.9 Å². The zero-order chi connectivity index (χ0) is 33.0. The van der Waals surface area contributed by atoms with Crippen molar-refractivity contribution in [1.29, 1.82) is 0 Å². The van der Waals surface area contributed by atoms with Crippen LogP contribution in [0.1, 0.15) is 182 Å². The van der Waals surface area contributed by atoms with E-state index in [1.165, 1.54) is 128 Å². The van der Waals surface area contributed by atoms with Crippen molar-refractivity contribution in [3.8, 4) is 0 Å². The van der Waals surface area contributed by atoms with E-state index in [9.17, 15) is 4.79 Å². The van der Waals surface area contributed by atoms with E-state index in [1.54, 1.807) is 0 Å². The Hall–Kier alpha value is -0.511. The third kappa shape index (κ3) is 14.2. The molecule has 260 valence electrons. The average Bonchev–Trinajstić information content (AvgIpc) is 3.03. The van der Waals surface area contributed by atoms with Crippen molar-refractivity contribution in [1.82, 2.24) is 0 Å². The van der Waals surface area contributed by atoms with Crippen LogP contribution in [-0.4, -0.2) is 30.5 Å². The molecular weight excluding hydrogens is 655 g/mol. The van der Waals surface area contributed by atoms with E-state index in [4.69, 9.17) is 4.74 Å². The summed E-state index contributed by atoms with van der Waals surface area (Å²) in [5.74, 6) is 1.15. The molecule has 2 rings (SSSR count). The van der Waals surface area contributed by atoms with Gasteiger partial charge in [0, 0.05) is 0 Å². The number of ether oxygens (including phenoxy) is 1. The third-order valence-electron chi connectivity index (χ3n) is 11.8. The van der Waals surface area contributed by atoms with Gasteiger partial charge in [-0.15, -0.1) is 0 Å². The summed E-state index contributed by atoms with van der Waals surface area (Å²) in [5.41, 5.74) is 1.37. The zero-order valence-corrected chi connectivity index (χ0v) is 34.1. The van der Waals surface area contributed by atoms with Crippen molar-refractivity contribution < 1.29 is 9.53 Å². The number of hydrogen-bond donors (Lipinski definition) is 0. The van der Waals surface area contributed by atoms with E-state index >= 15 is 0 Å². The van der Waals surface area contributed by atoms with Crippen LogP contribution >= 0.6 is 0 Å². The van der Waals surface area contributed by atoms with Crippen molar-refractivity contribution in [3.63, 3.8) is 0 Å². The van der Waals surface area contributed by atoms with Crippen LogP contribution in [0.4, 0.5) is 0 Å². The van der Waals surface area contributed by atoms with Gasteiger partial charge in [-0.05, 0) is 0 Å². The molecule has 4 unspecified atom stereocenters. The molecule has 0 saturated heterocycles. The van der Waals surface area contributed by atoms with E-state index in [0.29, 0.717) is 22.2 Å². The van der Waals surface area contributed by atoms with Gasteiger partial charge in [0.15, 0.2) is 0 Å². The fraction of sp³-hybridized carbons (Fsp3) is 0.833. The Morgan fingerprint density at radius 2 is 1.27 bits per heavy atom. The molecule has 2 nitrogen and oxygen atoms in total. The minimum absolute atomic E-state index is 0.00530. The van der Waals surface area contributed by atoms with Gasteiger partial charge in [0.25, 0.3) is 0 Å². The van der Waals surface area contributed by atoms with E-state index in [-0.39, 0.29) is 17.5 Å². The molecule has 0 heterocycles. The summed E-state index contributed by atoms with van der Waals surface area (Å²) in [6.45, 7) is 16.6. The topological polar surface area (TPSA) is 26.3 Å². The SMILES string of the molecule is CCCCCCCCCCC[CH](CC(=O)OC1CC(C)CCC1C(C)(C)c1ccccc1)[Sn]([CH2]CCC)([CH2]CCC)[CH2]CCC. The number of unbranched alkanes of at least 4 members (excludes halogenated alkanes) is 11. The summed E-state index contributed by atoms with van der Waals surface area (Å²) in [6.07, 6.45) is 25.8. The average molecular weight is 732 g/mol. The molecule has 1 aromatic carbocycles. The molecule has 1 aliphatic carbocycles. The molecule has 4 atom stereocenters. The summed E-state index contributed by atoms with van der Waals surface area (Å²) < 4.78 is 11.8. The second-order valence-corrected chi connectivity index (χ2v) is 30.2. The minimum atomic E-state index is -2.60. The summed E-state index contributed by atoms with van der Waals surface area (Å²) >= 11 is -2.60. The zero-order valence-electron chi connectivity index (χ0n) is 31.3. The van der Waals surface area contributed by atoms with Crippen LogP contribution in [-0.2, 0) is 14.9 Å². The number of benzene rings is 1. The Morgan fingerprint density at radius 1 is 0.756 bits per heavy atom. The Balaban J connectivity index is 2.22. The van der Waals surface area contributed by atoms with Gasteiger partial charge < -0.3 is 0 Å². The van der Waals surface area contributed by atoms with Crippen LogP contribution < -0.4 is 0 Å². The molecule has 1 aromatic rings. The van der Waals surface area contributed by atoms with Crippen LogP contribution in [0.2, 0.25) is 17.2 Å². The van der Waals surface area contributed by atoms with Crippen LogP contribution in [0, 0.1) is 11.8 Å². The standard InChI is InChI=1S/C30H49O2.3C4H9.Sn/c1-5-6-7-8-9-10-11-12-13-14-18-21-29(31)32-28-24-25(2)22-23-27(28)30(3,4)26-19-16-15-17-20-26;3*1-3-4-2;/h15-20,25,27-28H,5-14,21-24H2,1-4H3;3*1,3-4H2,2H3;. The third-order valence-corrected chi connectivity index (χ3v) is 29.7. The quantitative estimate of drug-likeness (QED) is 0.0569. The monoisotopic (exact) mass is 732 g/mol. The number of hydrogen-bond acceptors (Lipinski definition) is 2. The first kappa shape index (κ1) is 40.7. The second-order valence-electron chi connectivity index (χ2n) is 15.8. The first-order chi connectivity index (χ1) is 21.7. The van der Waals surface area contributed by atoms with Crippen LogP contribution in [0.15, 0.2) is 30.3 Å². The van der Waals surface area contributed by atoms with Gasteiger partial charge in [-0.25, -0.2) is 0 Å². The maximum absolute atomic E-state index is 14.2. The van der Waals surface area contributed by atoms with Gasteiger partial charge in [-0.2, -0.15) is 0 Å². The van der Waals surface area contributed by atoms with Gasteiger partial charge in [0.05, 0.1) is 0 Å². The predicted octanol–water partition coefficient (Wildman–Crippen LogP) is 13.8. The molecule has 1 aliphatic rings. The number of rotatable bonds is 25. The fourth-order valence-electron chi connectivity index (χ4n) is 8.68. The van der Waals surface area contributed by atoms with Gasteiger partial charge in [0.2, 0.25) is 0 Å².